The Balaban J connectivity index is 2.00. The van der Waals surface area contributed by atoms with Gasteiger partial charge in [-0.3, -0.25) is 0 Å². The first-order valence-corrected chi connectivity index (χ1v) is 5.55. The largest absolute Gasteiger partial charge is 0.0622 e. The first-order chi connectivity index (χ1) is 5.55. The zero-order valence-electron chi connectivity index (χ0n) is 8.93. The molecule has 0 spiro atoms. The Kier molecular flexibility index (Phi) is 1.79. The van der Waals surface area contributed by atoms with Gasteiger partial charge in [-0.2, -0.15) is 0 Å². The van der Waals surface area contributed by atoms with Crippen LogP contribution in [0, 0.1) is 29.1 Å². The molecule has 0 aromatic carbocycles. The summed E-state index contributed by atoms with van der Waals surface area (Å²) < 4.78 is 0. The summed E-state index contributed by atoms with van der Waals surface area (Å²) in [6.45, 7) is 9.74. The van der Waals surface area contributed by atoms with Gasteiger partial charge in [-0.25, -0.2) is 0 Å². The molecule has 2 aliphatic rings. The summed E-state index contributed by atoms with van der Waals surface area (Å²) in [4.78, 5) is 0. The highest BCUT2D eigenvalue weighted by Gasteiger charge is 2.54. The van der Waals surface area contributed by atoms with Crippen LogP contribution < -0.4 is 0 Å². The molecule has 2 fully saturated rings. The van der Waals surface area contributed by atoms with E-state index in [9.17, 15) is 0 Å². The third kappa shape index (κ3) is 1.03. The zero-order chi connectivity index (χ0) is 8.93. The van der Waals surface area contributed by atoms with Crippen LogP contribution in [0.5, 0.6) is 0 Å². The second-order valence-corrected chi connectivity index (χ2v) is 5.68. The standard InChI is InChI=1S/C12H22/c1-8(2)12(4)6-5-11(12)10-7-9(10)3/h8-11H,5-7H2,1-4H3. The molecule has 0 aromatic rings. The second-order valence-electron chi connectivity index (χ2n) is 5.68. The van der Waals surface area contributed by atoms with Crippen molar-refractivity contribution in [1.29, 1.82) is 0 Å². The smallest absolute Gasteiger partial charge is 0.0272 e. The van der Waals surface area contributed by atoms with Gasteiger partial charge in [0, 0.05) is 0 Å². The average molecular weight is 166 g/mol. The Bertz CT molecular complexity index is 182. The van der Waals surface area contributed by atoms with Gasteiger partial charge in [-0.15, -0.1) is 0 Å². The molecule has 0 heteroatoms. The van der Waals surface area contributed by atoms with Gasteiger partial charge in [-0.05, 0) is 48.3 Å². The molecular formula is C12H22. The van der Waals surface area contributed by atoms with Crippen LogP contribution in [0.1, 0.15) is 47.0 Å². The van der Waals surface area contributed by atoms with Crippen molar-refractivity contribution in [2.75, 3.05) is 0 Å². The van der Waals surface area contributed by atoms with Crippen LogP contribution in [0.2, 0.25) is 0 Å². The maximum Gasteiger partial charge on any atom is -0.0272 e. The van der Waals surface area contributed by atoms with Gasteiger partial charge in [-0.1, -0.05) is 27.7 Å². The lowest BCUT2D eigenvalue weighted by atomic mass is 9.54. The van der Waals surface area contributed by atoms with Crippen LogP contribution in [0.15, 0.2) is 0 Å². The molecule has 0 saturated heterocycles. The summed E-state index contributed by atoms with van der Waals surface area (Å²) in [6, 6.07) is 0. The van der Waals surface area contributed by atoms with E-state index in [1.807, 2.05) is 0 Å². The maximum absolute atomic E-state index is 2.51. The van der Waals surface area contributed by atoms with Gasteiger partial charge in [0.05, 0.1) is 0 Å². The third-order valence-corrected chi connectivity index (χ3v) is 4.85. The quantitative estimate of drug-likeness (QED) is 0.586. The summed E-state index contributed by atoms with van der Waals surface area (Å²) in [5.41, 5.74) is 0.704. The van der Waals surface area contributed by atoms with E-state index in [1.165, 1.54) is 19.3 Å². The Morgan fingerprint density at radius 1 is 1.33 bits per heavy atom. The Morgan fingerprint density at radius 3 is 2.17 bits per heavy atom. The van der Waals surface area contributed by atoms with Crippen LogP contribution in [0.4, 0.5) is 0 Å². The van der Waals surface area contributed by atoms with E-state index in [-0.39, 0.29) is 0 Å². The lowest BCUT2D eigenvalue weighted by molar-refractivity contribution is -0.0168. The summed E-state index contributed by atoms with van der Waals surface area (Å²) in [5, 5.41) is 0. The van der Waals surface area contributed by atoms with Crippen molar-refractivity contribution < 1.29 is 0 Å². The molecular weight excluding hydrogens is 144 g/mol. The van der Waals surface area contributed by atoms with Crippen LogP contribution in [0.25, 0.3) is 0 Å². The minimum absolute atomic E-state index is 0.704. The van der Waals surface area contributed by atoms with Gasteiger partial charge >= 0.3 is 0 Å². The summed E-state index contributed by atoms with van der Waals surface area (Å²) >= 11 is 0. The van der Waals surface area contributed by atoms with Gasteiger partial charge in [0.2, 0.25) is 0 Å². The van der Waals surface area contributed by atoms with Crippen molar-refractivity contribution >= 4 is 0 Å². The van der Waals surface area contributed by atoms with E-state index in [2.05, 4.69) is 27.7 Å². The van der Waals surface area contributed by atoms with Crippen molar-refractivity contribution in [3.63, 3.8) is 0 Å². The van der Waals surface area contributed by atoms with E-state index in [4.69, 9.17) is 0 Å². The highest BCUT2D eigenvalue weighted by atomic mass is 14.6. The minimum atomic E-state index is 0.704. The molecule has 2 rings (SSSR count). The maximum atomic E-state index is 2.51. The molecule has 0 bridgehead atoms. The lowest BCUT2D eigenvalue weighted by Crippen LogP contribution is -2.43. The van der Waals surface area contributed by atoms with Crippen molar-refractivity contribution in [3.8, 4) is 0 Å². The Morgan fingerprint density at radius 2 is 1.92 bits per heavy atom. The third-order valence-electron chi connectivity index (χ3n) is 4.85. The predicted molar refractivity (Wildman–Crippen MR) is 52.9 cm³/mol. The fourth-order valence-corrected chi connectivity index (χ4v) is 3.10. The summed E-state index contributed by atoms with van der Waals surface area (Å²) in [5.74, 6) is 4.12. The molecule has 0 aromatic heterocycles. The van der Waals surface area contributed by atoms with E-state index < -0.39 is 0 Å². The molecule has 70 valence electrons. The van der Waals surface area contributed by atoms with E-state index in [0.717, 1.165) is 23.7 Å². The fourth-order valence-electron chi connectivity index (χ4n) is 3.10. The second kappa shape index (κ2) is 2.49. The first kappa shape index (κ1) is 8.59. The number of hydrogen-bond acceptors (Lipinski definition) is 0. The molecule has 2 saturated carbocycles. The number of hydrogen-bond donors (Lipinski definition) is 0. The van der Waals surface area contributed by atoms with Crippen LogP contribution >= 0.6 is 0 Å². The lowest BCUT2D eigenvalue weighted by Gasteiger charge is -2.51. The summed E-state index contributed by atoms with van der Waals surface area (Å²) in [6.07, 6.45) is 4.52. The molecule has 0 nitrogen and oxygen atoms in total. The van der Waals surface area contributed by atoms with Crippen LogP contribution in [-0.2, 0) is 0 Å². The van der Waals surface area contributed by atoms with Crippen molar-refractivity contribution in [1.82, 2.24) is 0 Å². The molecule has 0 N–H and O–H groups in total. The van der Waals surface area contributed by atoms with E-state index >= 15 is 0 Å². The van der Waals surface area contributed by atoms with Gasteiger partial charge < -0.3 is 0 Å². The predicted octanol–water partition coefficient (Wildman–Crippen LogP) is 3.71. The molecule has 0 heterocycles. The Labute approximate surface area is 76.7 Å². The Hall–Kier alpha value is 0. The van der Waals surface area contributed by atoms with Gasteiger partial charge in [0.1, 0.15) is 0 Å². The van der Waals surface area contributed by atoms with Gasteiger partial charge in [0.15, 0.2) is 0 Å². The summed E-state index contributed by atoms with van der Waals surface area (Å²) in [7, 11) is 0. The van der Waals surface area contributed by atoms with Crippen LogP contribution in [0.3, 0.4) is 0 Å². The molecule has 0 aliphatic heterocycles. The average Bonchev–Trinajstić information content (AvgIpc) is 2.63. The van der Waals surface area contributed by atoms with Crippen LogP contribution in [-0.4, -0.2) is 0 Å². The van der Waals surface area contributed by atoms with Gasteiger partial charge in [0.25, 0.3) is 0 Å². The first-order valence-electron chi connectivity index (χ1n) is 5.55. The topological polar surface area (TPSA) is 0 Å². The molecule has 4 atom stereocenters. The number of rotatable bonds is 2. The van der Waals surface area contributed by atoms with E-state index in [1.54, 1.807) is 0 Å². The highest BCUT2D eigenvalue weighted by Crippen LogP contribution is 2.62. The van der Waals surface area contributed by atoms with E-state index in [0.29, 0.717) is 5.41 Å². The van der Waals surface area contributed by atoms with Crippen molar-refractivity contribution in [2.24, 2.45) is 29.1 Å². The van der Waals surface area contributed by atoms with Crippen molar-refractivity contribution in [2.45, 2.75) is 47.0 Å². The SMILES string of the molecule is CC1CC1C1CCC1(C)C(C)C. The monoisotopic (exact) mass is 166 g/mol. The minimum Gasteiger partial charge on any atom is -0.0622 e. The fraction of sp³-hybridized carbons (Fsp3) is 1.00. The molecule has 12 heavy (non-hydrogen) atoms. The normalized spacial score (nSPS) is 52.2. The van der Waals surface area contributed by atoms with Crippen molar-refractivity contribution in [3.05, 3.63) is 0 Å². The molecule has 0 amide bonds. The molecule has 0 radical (unpaired) electrons. The highest BCUT2D eigenvalue weighted by molar-refractivity contribution is 5.03. The molecule has 4 unspecified atom stereocenters. The molecule has 2 aliphatic carbocycles. The zero-order valence-corrected chi connectivity index (χ0v) is 8.93.